The van der Waals surface area contributed by atoms with Gasteiger partial charge in [-0.05, 0) is 12.1 Å². The Labute approximate surface area is 91.8 Å². The quantitative estimate of drug-likeness (QED) is 0.584. The van der Waals surface area contributed by atoms with Gasteiger partial charge in [0.2, 0.25) is 12.4 Å². The number of benzene rings is 1. The molecule has 0 saturated carbocycles. The van der Waals surface area contributed by atoms with Crippen LogP contribution in [0.25, 0.3) is 10.9 Å². The Hall–Kier alpha value is -2.17. The Morgan fingerprint density at radius 2 is 2.19 bits per heavy atom. The fraction of sp³-hybridized carbons (Fsp3) is 0.182. The number of hydrogen-bond acceptors (Lipinski definition) is 4. The molecule has 2 aromatic rings. The zero-order valence-corrected chi connectivity index (χ0v) is 8.71. The van der Waals surface area contributed by atoms with Crippen LogP contribution in [0.3, 0.4) is 0 Å². The molecule has 1 heterocycles. The van der Waals surface area contributed by atoms with E-state index < -0.39 is 4.92 Å². The topological polar surface area (TPSA) is 65.3 Å². The van der Waals surface area contributed by atoms with Crippen LogP contribution >= 0.6 is 0 Å². The molecule has 0 amide bonds. The molecule has 0 saturated heterocycles. The van der Waals surface area contributed by atoms with Gasteiger partial charge in [-0.2, -0.15) is 0 Å². The van der Waals surface area contributed by atoms with Crippen LogP contribution in [0.1, 0.15) is 5.56 Å². The Balaban J connectivity index is 2.58. The van der Waals surface area contributed by atoms with Crippen molar-refractivity contribution in [1.82, 2.24) is 4.98 Å². The maximum absolute atomic E-state index is 10.5. The highest BCUT2D eigenvalue weighted by Gasteiger charge is 2.11. The Morgan fingerprint density at radius 1 is 1.44 bits per heavy atom. The number of aromatic nitrogens is 1. The van der Waals surface area contributed by atoms with Gasteiger partial charge < -0.3 is 4.74 Å². The smallest absolute Gasteiger partial charge is 0.234 e. The lowest BCUT2D eigenvalue weighted by atomic mass is 10.1. The van der Waals surface area contributed by atoms with Gasteiger partial charge in [-0.15, -0.1) is 0 Å². The first-order chi connectivity index (χ1) is 7.70. The predicted octanol–water partition coefficient (Wildman–Crippen LogP) is 2.02. The second kappa shape index (κ2) is 4.14. The summed E-state index contributed by atoms with van der Waals surface area (Å²) in [6, 6.07) is 9.18. The Morgan fingerprint density at radius 3 is 2.88 bits per heavy atom. The first-order valence-corrected chi connectivity index (χ1v) is 4.75. The molecule has 5 nitrogen and oxygen atoms in total. The number of hydrogen-bond donors (Lipinski definition) is 0. The van der Waals surface area contributed by atoms with Gasteiger partial charge >= 0.3 is 0 Å². The van der Waals surface area contributed by atoms with Gasteiger partial charge in [0.15, 0.2) is 0 Å². The van der Waals surface area contributed by atoms with Crippen molar-refractivity contribution in [2.75, 3.05) is 7.11 Å². The summed E-state index contributed by atoms with van der Waals surface area (Å²) < 4.78 is 5.04. The molecule has 16 heavy (non-hydrogen) atoms. The molecule has 0 N–H and O–H groups in total. The summed E-state index contributed by atoms with van der Waals surface area (Å²) >= 11 is 0. The number of pyridine rings is 1. The van der Waals surface area contributed by atoms with E-state index in [1.54, 1.807) is 6.07 Å². The van der Waals surface area contributed by atoms with Crippen molar-refractivity contribution in [3.05, 3.63) is 46.0 Å². The summed E-state index contributed by atoms with van der Waals surface area (Å²) in [5, 5.41) is 11.4. The first-order valence-electron chi connectivity index (χ1n) is 4.75. The highest BCUT2D eigenvalue weighted by atomic mass is 16.6. The van der Waals surface area contributed by atoms with Gasteiger partial charge in [-0.1, -0.05) is 18.2 Å². The molecule has 1 aromatic carbocycles. The third kappa shape index (κ3) is 1.93. The van der Waals surface area contributed by atoms with Gasteiger partial charge in [0.1, 0.15) is 0 Å². The zero-order valence-electron chi connectivity index (χ0n) is 8.71. The molecular weight excluding hydrogens is 208 g/mol. The second-order valence-corrected chi connectivity index (χ2v) is 3.34. The van der Waals surface area contributed by atoms with E-state index in [-0.39, 0.29) is 6.54 Å². The van der Waals surface area contributed by atoms with Gasteiger partial charge in [0, 0.05) is 10.3 Å². The normalized spacial score (nSPS) is 10.3. The average molecular weight is 218 g/mol. The van der Waals surface area contributed by atoms with Gasteiger partial charge in [-0.25, -0.2) is 4.98 Å². The lowest BCUT2D eigenvalue weighted by molar-refractivity contribution is -0.496. The Kier molecular flexibility index (Phi) is 2.68. The van der Waals surface area contributed by atoms with E-state index >= 15 is 0 Å². The molecule has 0 unspecified atom stereocenters. The monoisotopic (exact) mass is 218 g/mol. The van der Waals surface area contributed by atoms with Crippen LogP contribution < -0.4 is 4.74 Å². The number of nitro groups is 1. The van der Waals surface area contributed by atoms with Crippen molar-refractivity contribution in [1.29, 1.82) is 0 Å². The van der Waals surface area contributed by atoms with Crippen molar-refractivity contribution >= 4 is 10.9 Å². The van der Waals surface area contributed by atoms with Gasteiger partial charge in [-0.3, -0.25) is 10.1 Å². The lowest BCUT2D eigenvalue weighted by Gasteiger charge is -2.05. The molecule has 0 bridgehead atoms. The maximum Gasteiger partial charge on any atom is 0.234 e. The molecule has 0 aliphatic carbocycles. The number of rotatable bonds is 3. The van der Waals surface area contributed by atoms with E-state index in [2.05, 4.69) is 4.98 Å². The largest absolute Gasteiger partial charge is 0.481 e. The van der Waals surface area contributed by atoms with E-state index in [1.165, 1.54) is 7.11 Å². The molecule has 2 rings (SSSR count). The molecule has 1 aromatic heterocycles. The number of para-hydroxylation sites is 1. The first kappa shape index (κ1) is 10.4. The number of ether oxygens (including phenoxy) is 1. The summed E-state index contributed by atoms with van der Waals surface area (Å²) in [4.78, 5) is 14.3. The van der Waals surface area contributed by atoms with E-state index in [9.17, 15) is 10.1 Å². The highest BCUT2D eigenvalue weighted by molar-refractivity contribution is 5.79. The fourth-order valence-corrected chi connectivity index (χ4v) is 1.57. The van der Waals surface area contributed by atoms with E-state index in [0.717, 1.165) is 10.9 Å². The third-order valence-electron chi connectivity index (χ3n) is 2.26. The molecule has 82 valence electrons. The molecule has 0 radical (unpaired) electrons. The average Bonchev–Trinajstić information content (AvgIpc) is 2.27. The predicted molar refractivity (Wildman–Crippen MR) is 59.0 cm³/mol. The molecule has 0 aliphatic rings. The van der Waals surface area contributed by atoms with Crippen LogP contribution in [-0.2, 0) is 6.54 Å². The summed E-state index contributed by atoms with van der Waals surface area (Å²) in [6.07, 6.45) is 0. The minimum Gasteiger partial charge on any atom is -0.481 e. The van der Waals surface area contributed by atoms with E-state index in [0.29, 0.717) is 11.4 Å². The minimum absolute atomic E-state index is 0.277. The van der Waals surface area contributed by atoms with Gasteiger partial charge in [0.25, 0.3) is 0 Å². The number of fused-ring (bicyclic) bond motifs is 1. The summed E-state index contributed by atoms with van der Waals surface area (Å²) in [5.41, 5.74) is 1.26. The molecule has 0 fully saturated rings. The molecule has 0 aliphatic heterocycles. The van der Waals surface area contributed by atoms with Crippen LogP contribution in [0, 0.1) is 10.1 Å². The standard InChI is InChI=1S/C11H10N2O3/c1-16-11-9(7-13(14)15)6-8-4-2-3-5-10(8)12-11/h2-6H,7H2,1H3. The van der Waals surface area contributed by atoms with Crippen molar-refractivity contribution in [2.24, 2.45) is 0 Å². The van der Waals surface area contributed by atoms with Crippen molar-refractivity contribution in [2.45, 2.75) is 6.54 Å². The highest BCUT2D eigenvalue weighted by Crippen LogP contribution is 2.22. The van der Waals surface area contributed by atoms with Crippen LogP contribution in [0.2, 0.25) is 0 Å². The van der Waals surface area contributed by atoms with Crippen LogP contribution in [0.15, 0.2) is 30.3 Å². The van der Waals surface area contributed by atoms with Crippen LogP contribution in [-0.4, -0.2) is 17.0 Å². The summed E-state index contributed by atoms with van der Waals surface area (Å²) in [6.45, 7) is -0.277. The van der Waals surface area contributed by atoms with Crippen molar-refractivity contribution in [3.8, 4) is 5.88 Å². The molecule has 0 spiro atoms. The van der Waals surface area contributed by atoms with Crippen molar-refractivity contribution in [3.63, 3.8) is 0 Å². The lowest BCUT2D eigenvalue weighted by Crippen LogP contribution is -2.02. The van der Waals surface area contributed by atoms with Gasteiger partial charge in [0.05, 0.1) is 18.2 Å². The zero-order chi connectivity index (χ0) is 11.5. The molecular formula is C11H10N2O3. The maximum atomic E-state index is 10.5. The van der Waals surface area contributed by atoms with Crippen molar-refractivity contribution < 1.29 is 9.66 Å². The SMILES string of the molecule is COc1nc2ccccc2cc1C[N+](=O)[O-]. The fourth-order valence-electron chi connectivity index (χ4n) is 1.57. The number of methoxy groups -OCH3 is 1. The minimum atomic E-state index is -0.395. The summed E-state index contributed by atoms with van der Waals surface area (Å²) in [5.74, 6) is 0.315. The number of nitrogens with zero attached hydrogens (tertiary/aromatic N) is 2. The van der Waals surface area contributed by atoms with Crippen LogP contribution in [0.5, 0.6) is 5.88 Å². The third-order valence-corrected chi connectivity index (χ3v) is 2.26. The second-order valence-electron chi connectivity index (χ2n) is 3.34. The molecule has 5 heteroatoms. The van der Waals surface area contributed by atoms with E-state index in [4.69, 9.17) is 4.74 Å². The van der Waals surface area contributed by atoms with Crippen LogP contribution in [0.4, 0.5) is 0 Å². The van der Waals surface area contributed by atoms with E-state index in [1.807, 2.05) is 24.3 Å². The Bertz CT molecular complexity index is 540. The molecule has 0 atom stereocenters. The summed E-state index contributed by atoms with van der Waals surface area (Å²) in [7, 11) is 1.46.